The first kappa shape index (κ1) is 11.4. The number of carbonyl (C=O) groups excluding carboxylic acids is 1. The summed E-state index contributed by atoms with van der Waals surface area (Å²) in [6, 6.07) is 0. The maximum absolute atomic E-state index is 10.5. The van der Waals surface area contributed by atoms with E-state index in [9.17, 15) is 4.79 Å². The number of hydrogen-bond acceptors (Lipinski definition) is 2. The molecule has 0 fully saturated rings. The van der Waals surface area contributed by atoms with Crippen LogP contribution in [0.4, 0.5) is 0 Å². The van der Waals surface area contributed by atoms with E-state index < -0.39 is 0 Å². The molecule has 0 saturated heterocycles. The quantitative estimate of drug-likeness (QED) is 0.683. The van der Waals surface area contributed by atoms with E-state index in [1.807, 2.05) is 7.05 Å². The van der Waals surface area contributed by atoms with E-state index in [0.29, 0.717) is 6.42 Å². The van der Waals surface area contributed by atoms with Gasteiger partial charge in [0.2, 0.25) is 5.91 Å². The molecule has 3 nitrogen and oxygen atoms in total. The number of carbonyl (C=O) groups is 1. The van der Waals surface area contributed by atoms with Gasteiger partial charge < -0.3 is 10.6 Å². The van der Waals surface area contributed by atoms with Crippen molar-refractivity contribution >= 4 is 5.91 Å². The highest BCUT2D eigenvalue weighted by Gasteiger charge is 2.13. The van der Waals surface area contributed by atoms with Crippen LogP contribution < -0.4 is 5.73 Å². The van der Waals surface area contributed by atoms with Crippen molar-refractivity contribution in [3.8, 4) is 0 Å². The van der Waals surface area contributed by atoms with Crippen LogP contribution in [0.3, 0.4) is 0 Å². The van der Waals surface area contributed by atoms with E-state index in [0.717, 1.165) is 13.1 Å². The molecule has 0 atom stereocenters. The van der Waals surface area contributed by atoms with Gasteiger partial charge in [0.25, 0.3) is 0 Å². The maximum Gasteiger partial charge on any atom is 0.218 e. The van der Waals surface area contributed by atoms with Crippen molar-refractivity contribution in [2.45, 2.75) is 27.2 Å². The Morgan fingerprint density at radius 3 is 2.25 bits per heavy atom. The van der Waals surface area contributed by atoms with Crippen LogP contribution in [0.15, 0.2) is 0 Å². The van der Waals surface area contributed by atoms with Crippen LogP contribution in [-0.2, 0) is 4.79 Å². The van der Waals surface area contributed by atoms with Gasteiger partial charge in [-0.2, -0.15) is 0 Å². The smallest absolute Gasteiger partial charge is 0.218 e. The molecule has 12 heavy (non-hydrogen) atoms. The molecule has 0 bridgehead atoms. The molecular formula is C9H20N2O. The molecule has 0 spiro atoms. The molecule has 1 amide bonds. The molecule has 3 heteroatoms. The Balaban J connectivity index is 3.60. The molecule has 0 rings (SSSR count). The predicted octanol–water partition coefficient (Wildman–Crippen LogP) is 0.840. The lowest BCUT2D eigenvalue weighted by Crippen LogP contribution is -2.32. The summed E-state index contributed by atoms with van der Waals surface area (Å²) >= 11 is 0. The van der Waals surface area contributed by atoms with Crippen LogP contribution in [0.2, 0.25) is 0 Å². The monoisotopic (exact) mass is 172 g/mol. The first-order valence-corrected chi connectivity index (χ1v) is 4.28. The summed E-state index contributed by atoms with van der Waals surface area (Å²) in [5, 5.41) is 0. The van der Waals surface area contributed by atoms with Gasteiger partial charge in [0.1, 0.15) is 0 Å². The van der Waals surface area contributed by atoms with Gasteiger partial charge in [0, 0.05) is 19.5 Å². The summed E-state index contributed by atoms with van der Waals surface area (Å²) in [6.07, 6.45) is 0.451. The molecule has 72 valence electrons. The van der Waals surface area contributed by atoms with Crippen LogP contribution in [0.1, 0.15) is 27.2 Å². The average Bonchev–Trinajstić information content (AvgIpc) is 1.79. The largest absolute Gasteiger partial charge is 0.370 e. The third kappa shape index (κ3) is 7.54. The van der Waals surface area contributed by atoms with Gasteiger partial charge in [0.05, 0.1) is 0 Å². The maximum atomic E-state index is 10.5. The lowest BCUT2D eigenvalue weighted by atomic mass is 9.96. The molecule has 2 N–H and O–H groups in total. The minimum atomic E-state index is -0.226. The number of hydrogen-bond donors (Lipinski definition) is 1. The number of nitrogens with zero attached hydrogens (tertiary/aromatic N) is 1. The van der Waals surface area contributed by atoms with Gasteiger partial charge in [0.15, 0.2) is 0 Å². The summed E-state index contributed by atoms with van der Waals surface area (Å²) in [4.78, 5) is 12.6. The molecular weight excluding hydrogens is 152 g/mol. The molecule has 0 aromatic rings. The van der Waals surface area contributed by atoms with Crippen LogP contribution in [0.25, 0.3) is 0 Å². The lowest BCUT2D eigenvalue weighted by Gasteiger charge is -2.25. The summed E-state index contributed by atoms with van der Waals surface area (Å²) < 4.78 is 0. The summed E-state index contributed by atoms with van der Waals surface area (Å²) in [5.41, 5.74) is 5.32. The molecule has 0 heterocycles. The molecule has 0 aromatic heterocycles. The number of nitrogens with two attached hydrogens (primary N) is 1. The molecule has 0 aliphatic heterocycles. The highest BCUT2D eigenvalue weighted by molar-refractivity contribution is 5.73. The first-order chi connectivity index (χ1) is 5.31. The van der Waals surface area contributed by atoms with Crippen molar-refractivity contribution in [1.29, 1.82) is 0 Å². The second kappa shape index (κ2) is 4.45. The summed E-state index contributed by atoms with van der Waals surface area (Å²) in [7, 11) is 2.01. The number of amides is 1. The summed E-state index contributed by atoms with van der Waals surface area (Å²) in [5.74, 6) is -0.226. The van der Waals surface area contributed by atoms with Crippen molar-refractivity contribution in [3.05, 3.63) is 0 Å². The van der Waals surface area contributed by atoms with Crippen molar-refractivity contribution in [1.82, 2.24) is 4.90 Å². The van der Waals surface area contributed by atoms with Crippen molar-refractivity contribution in [3.63, 3.8) is 0 Å². The zero-order valence-corrected chi connectivity index (χ0v) is 8.55. The Bertz CT molecular complexity index is 149. The van der Waals surface area contributed by atoms with Gasteiger partial charge in [-0.1, -0.05) is 20.8 Å². The lowest BCUT2D eigenvalue weighted by molar-refractivity contribution is -0.118. The Morgan fingerprint density at radius 2 is 1.92 bits per heavy atom. The molecule has 0 aliphatic carbocycles. The van der Waals surface area contributed by atoms with Crippen LogP contribution in [0.5, 0.6) is 0 Å². The molecule has 0 aromatic carbocycles. The highest BCUT2D eigenvalue weighted by atomic mass is 16.1. The Kier molecular flexibility index (Phi) is 4.24. The molecule has 0 saturated carbocycles. The minimum Gasteiger partial charge on any atom is -0.370 e. The van der Waals surface area contributed by atoms with E-state index >= 15 is 0 Å². The standard InChI is InChI=1S/C9H20N2O/c1-9(2,3)7-11(4)6-5-8(10)12/h5-7H2,1-4H3,(H2,10,12). The second-order valence-electron chi connectivity index (χ2n) is 4.51. The third-order valence-corrected chi connectivity index (χ3v) is 1.48. The van der Waals surface area contributed by atoms with E-state index in [1.165, 1.54) is 0 Å². The predicted molar refractivity (Wildman–Crippen MR) is 50.8 cm³/mol. The minimum absolute atomic E-state index is 0.226. The Hall–Kier alpha value is -0.570. The van der Waals surface area contributed by atoms with Crippen LogP contribution in [-0.4, -0.2) is 30.9 Å². The first-order valence-electron chi connectivity index (χ1n) is 4.28. The Labute approximate surface area is 74.9 Å². The van der Waals surface area contributed by atoms with Crippen molar-refractivity contribution < 1.29 is 4.79 Å². The second-order valence-corrected chi connectivity index (χ2v) is 4.51. The highest BCUT2D eigenvalue weighted by Crippen LogP contribution is 2.13. The van der Waals surface area contributed by atoms with E-state index in [-0.39, 0.29) is 11.3 Å². The van der Waals surface area contributed by atoms with Crippen molar-refractivity contribution in [2.75, 3.05) is 20.1 Å². The van der Waals surface area contributed by atoms with E-state index in [2.05, 4.69) is 25.7 Å². The van der Waals surface area contributed by atoms with Gasteiger partial charge >= 0.3 is 0 Å². The summed E-state index contributed by atoms with van der Waals surface area (Å²) in [6.45, 7) is 8.27. The zero-order valence-electron chi connectivity index (χ0n) is 8.55. The van der Waals surface area contributed by atoms with E-state index in [1.54, 1.807) is 0 Å². The number of rotatable bonds is 4. The van der Waals surface area contributed by atoms with Gasteiger partial charge in [-0.05, 0) is 12.5 Å². The average molecular weight is 172 g/mol. The normalized spacial score (nSPS) is 12.1. The fraction of sp³-hybridized carbons (Fsp3) is 0.889. The Morgan fingerprint density at radius 1 is 1.42 bits per heavy atom. The van der Waals surface area contributed by atoms with E-state index in [4.69, 9.17) is 5.73 Å². The van der Waals surface area contributed by atoms with Gasteiger partial charge in [-0.15, -0.1) is 0 Å². The van der Waals surface area contributed by atoms with Gasteiger partial charge in [-0.25, -0.2) is 0 Å². The molecule has 0 unspecified atom stereocenters. The van der Waals surface area contributed by atoms with Crippen LogP contribution >= 0.6 is 0 Å². The number of primary amides is 1. The third-order valence-electron chi connectivity index (χ3n) is 1.48. The molecule has 0 radical (unpaired) electrons. The van der Waals surface area contributed by atoms with Crippen LogP contribution in [0, 0.1) is 5.41 Å². The zero-order chi connectivity index (χ0) is 9.78. The molecule has 0 aliphatic rings. The fourth-order valence-electron chi connectivity index (χ4n) is 1.19. The SMILES string of the molecule is CN(CCC(N)=O)CC(C)(C)C. The van der Waals surface area contributed by atoms with Gasteiger partial charge in [-0.3, -0.25) is 4.79 Å². The topological polar surface area (TPSA) is 46.3 Å². The fourth-order valence-corrected chi connectivity index (χ4v) is 1.19. The van der Waals surface area contributed by atoms with Crippen molar-refractivity contribution in [2.24, 2.45) is 11.1 Å².